The third-order valence-electron chi connectivity index (χ3n) is 2.48. The molecule has 0 aliphatic carbocycles. The van der Waals surface area contributed by atoms with Gasteiger partial charge >= 0.3 is 6.36 Å². The molecule has 1 aromatic heterocycles. The van der Waals surface area contributed by atoms with E-state index in [1.807, 2.05) is 0 Å². The maximum absolute atomic E-state index is 12.0. The molecule has 0 spiro atoms. The quantitative estimate of drug-likeness (QED) is 0.881. The van der Waals surface area contributed by atoms with Gasteiger partial charge in [-0.2, -0.15) is 0 Å². The number of pyridine rings is 1. The number of hydrogen-bond acceptors (Lipinski definition) is 3. The Labute approximate surface area is 110 Å². The van der Waals surface area contributed by atoms with E-state index in [1.165, 1.54) is 18.3 Å². The highest BCUT2D eigenvalue weighted by Gasteiger charge is 2.30. The molecule has 0 radical (unpaired) electrons. The Kier molecular flexibility index (Phi) is 3.60. The van der Waals surface area contributed by atoms with Crippen molar-refractivity contribution in [2.24, 2.45) is 0 Å². The van der Waals surface area contributed by atoms with Gasteiger partial charge in [-0.1, -0.05) is 12.1 Å². The van der Waals surface area contributed by atoms with E-state index in [2.05, 4.69) is 9.72 Å². The smallest absolute Gasteiger partial charge is 0.406 e. The molecule has 0 saturated heterocycles. The topological polar surface area (TPSA) is 59.2 Å². The summed E-state index contributed by atoms with van der Waals surface area (Å²) < 4.78 is 39.8. The molecular formula is C13H8F3NO3. The number of carbonyl (C=O) groups excluding carboxylic acids is 1. The van der Waals surface area contributed by atoms with Crippen LogP contribution in [0.2, 0.25) is 0 Å². The largest absolute Gasteiger partial charge is 0.573 e. The summed E-state index contributed by atoms with van der Waals surface area (Å²) >= 11 is 0. The summed E-state index contributed by atoms with van der Waals surface area (Å²) in [5.41, 5.74) is 0.613. The van der Waals surface area contributed by atoms with Gasteiger partial charge in [-0.05, 0) is 17.7 Å². The second kappa shape index (κ2) is 5.20. The third-order valence-corrected chi connectivity index (χ3v) is 2.48. The van der Waals surface area contributed by atoms with Gasteiger partial charge in [0.2, 0.25) is 5.56 Å². The molecule has 1 aromatic carbocycles. The van der Waals surface area contributed by atoms with Crippen molar-refractivity contribution in [2.45, 2.75) is 6.36 Å². The van der Waals surface area contributed by atoms with Gasteiger partial charge in [0.1, 0.15) is 5.75 Å². The van der Waals surface area contributed by atoms with E-state index in [1.54, 1.807) is 0 Å². The van der Waals surface area contributed by atoms with Crippen LogP contribution in [0.15, 0.2) is 41.3 Å². The molecule has 0 bridgehead atoms. The Morgan fingerprint density at radius 3 is 2.35 bits per heavy atom. The number of hydrogen-bond donors (Lipinski definition) is 1. The van der Waals surface area contributed by atoms with E-state index >= 15 is 0 Å². The second-order valence-corrected chi connectivity index (χ2v) is 3.86. The zero-order valence-electron chi connectivity index (χ0n) is 9.90. The molecule has 0 amide bonds. The molecule has 2 rings (SSSR count). The van der Waals surface area contributed by atoms with Gasteiger partial charge < -0.3 is 9.72 Å². The van der Waals surface area contributed by atoms with Gasteiger partial charge in [-0.15, -0.1) is 13.2 Å². The van der Waals surface area contributed by atoms with Gasteiger partial charge in [0, 0.05) is 23.4 Å². The highest BCUT2D eigenvalue weighted by Crippen LogP contribution is 2.27. The van der Waals surface area contributed by atoms with Gasteiger partial charge in [-0.25, -0.2) is 0 Å². The van der Waals surface area contributed by atoms with E-state index in [0.29, 0.717) is 17.4 Å². The Morgan fingerprint density at radius 2 is 1.80 bits per heavy atom. The Morgan fingerprint density at radius 1 is 1.15 bits per heavy atom. The van der Waals surface area contributed by atoms with Crippen LogP contribution in [0.25, 0.3) is 11.1 Å². The Hall–Kier alpha value is -2.57. The number of carbonyl (C=O) groups is 1. The van der Waals surface area contributed by atoms with E-state index in [-0.39, 0.29) is 11.3 Å². The van der Waals surface area contributed by atoms with E-state index in [4.69, 9.17) is 0 Å². The summed E-state index contributed by atoms with van der Waals surface area (Å²) in [6, 6.07) is 6.09. The molecule has 0 aliphatic rings. The molecule has 20 heavy (non-hydrogen) atoms. The van der Waals surface area contributed by atoms with E-state index in [0.717, 1.165) is 18.2 Å². The van der Waals surface area contributed by atoms with Gasteiger partial charge in [0.05, 0.1) is 0 Å². The van der Waals surface area contributed by atoms with E-state index in [9.17, 15) is 22.8 Å². The molecule has 0 aliphatic heterocycles. The number of benzene rings is 1. The molecule has 0 fully saturated rings. The SMILES string of the molecule is O=Cc1cc(=O)[nH]cc1-c1ccc(OC(F)(F)F)cc1. The molecule has 7 heteroatoms. The number of alkyl halides is 3. The first kappa shape index (κ1) is 13.9. The number of rotatable bonds is 3. The summed E-state index contributed by atoms with van der Waals surface area (Å²) in [5.74, 6) is -0.363. The lowest BCUT2D eigenvalue weighted by Gasteiger charge is -2.09. The van der Waals surface area contributed by atoms with Crippen LogP contribution < -0.4 is 10.3 Å². The van der Waals surface area contributed by atoms with Crippen molar-refractivity contribution in [1.29, 1.82) is 0 Å². The fourth-order valence-electron chi connectivity index (χ4n) is 1.67. The molecule has 4 nitrogen and oxygen atoms in total. The standard InChI is InChI=1S/C13H8F3NO3/c14-13(15,16)20-10-3-1-8(2-4-10)11-6-17-12(19)5-9(11)7-18/h1-7H,(H,17,19). The minimum Gasteiger partial charge on any atom is -0.406 e. The molecule has 104 valence electrons. The predicted octanol–water partition coefficient (Wildman–Crippen LogP) is 2.75. The normalized spacial score (nSPS) is 11.2. The number of aromatic nitrogens is 1. The molecule has 1 heterocycles. The van der Waals surface area contributed by atoms with Crippen molar-refractivity contribution in [3.8, 4) is 16.9 Å². The van der Waals surface area contributed by atoms with Crippen LogP contribution >= 0.6 is 0 Å². The minimum absolute atomic E-state index is 0.151. The first-order valence-corrected chi connectivity index (χ1v) is 5.43. The first-order chi connectivity index (χ1) is 9.39. The summed E-state index contributed by atoms with van der Waals surface area (Å²) in [4.78, 5) is 24.4. The highest BCUT2D eigenvalue weighted by molar-refractivity contribution is 5.87. The van der Waals surface area contributed by atoms with Crippen LogP contribution in [0, 0.1) is 0 Å². The molecule has 0 unspecified atom stereocenters. The van der Waals surface area contributed by atoms with Crippen LogP contribution in [0.5, 0.6) is 5.75 Å². The summed E-state index contributed by atoms with van der Waals surface area (Å²) in [6.45, 7) is 0. The van der Waals surface area contributed by atoms with Crippen molar-refractivity contribution in [3.63, 3.8) is 0 Å². The van der Waals surface area contributed by atoms with E-state index < -0.39 is 11.9 Å². The van der Waals surface area contributed by atoms with Crippen LogP contribution in [-0.2, 0) is 0 Å². The number of ether oxygens (including phenoxy) is 1. The molecular weight excluding hydrogens is 275 g/mol. The highest BCUT2D eigenvalue weighted by atomic mass is 19.4. The fourth-order valence-corrected chi connectivity index (χ4v) is 1.67. The third kappa shape index (κ3) is 3.25. The monoisotopic (exact) mass is 283 g/mol. The van der Waals surface area contributed by atoms with Crippen LogP contribution in [0.4, 0.5) is 13.2 Å². The fraction of sp³-hybridized carbons (Fsp3) is 0.0769. The Bertz CT molecular complexity index is 674. The summed E-state index contributed by atoms with van der Waals surface area (Å²) in [7, 11) is 0. The van der Waals surface area contributed by atoms with Crippen molar-refractivity contribution >= 4 is 6.29 Å². The first-order valence-electron chi connectivity index (χ1n) is 5.43. The molecule has 0 atom stereocenters. The number of H-pyrrole nitrogens is 1. The number of aromatic amines is 1. The number of aldehydes is 1. The average molecular weight is 283 g/mol. The minimum atomic E-state index is -4.76. The maximum atomic E-state index is 12.0. The summed E-state index contributed by atoms with van der Waals surface area (Å²) in [5, 5.41) is 0. The summed E-state index contributed by atoms with van der Waals surface area (Å²) in [6.07, 6.45) is -2.93. The predicted molar refractivity (Wildman–Crippen MR) is 64.6 cm³/mol. The lowest BCUT2D eigenvalue weighted by molar-refractivity contribution is -0.274. The zero-order valence-corrected chi connectivity index (χ0v) is 9.90. The van der Waals surface area contributed by atoms with Crippen LogP contribution in [0.1, 0.15) is 10.4 Å². The molecule has 1 N–H and O–H groups in total. The lowest BCUT2D eigenvalue weighted by atomic mass is 10.0. The van der Waals surface area contributed by atoms with Gasteiger partial charge in [0.15, 0.2) is 6.29 Å². The van der Waals surface area contributed by atoms with Crippen molar-refractivity contribution in [3.05, 3.63) is 52.4 Å². The van der Waals surface area contributed by atoms with Crippen molar-refractivity contribution < 1.29 is 22.7 Å². The van der Waals surface area contributed by atoms with Gasteiger partial charge in [-0.3, -0.25) is 9.59 Å². The lowest BCUT2D eigenvalue weighted by Crippen LogP contribution is -2.16. The number of halogens is 3. The number of nitrogens with one attached hydrogen (secondary N) is 1. The molecule has 0 saturated carbocycles. The van der Waals surface area contributed by atoms with Crippen molar-refractivity contribution in [2.75, 3.05) is 0 Å². The maximum Gasteiger partial charge on any atom is 0.573 e. The van der Waals surface area contributed by atoms with Crippen LogP contribution in [-0.4, -0.2) is 17.6 Å². The second-order valence-electron chi connectivity index (χ2n) is 3.86. The Balaban J connectivity index is 2.35. The van der Waals surface area contributed by atoms with Gasteiger partial charge in [0.25, 0.3) is 0 Å². The average Bonchev–Trinajstić information content (AvgIpc) is 2.38. The van der Waals surface area contributed by atoms with Crippen molar-refractivity contribution in [1.82, 2.24) is 4.98 Å². The van der Waals surface area contributed by atoms with Crippen LogP contribution in [0.3, 0.4) is 0 Å². The zero-order chi connectivity index (χ0) is 14.8. The molecule has 2 aromatic rings.